The number of nitrogens with one attached hydrogen (secondary N) is 2. The first-order valence-corrected chi connectivity index (χ1v) is 8.21. The van der Waals surface area contributed by atoms with Gasteiger partial charge in [0.15, 0.2) is 5.13 Å². The van der Waals surface area contributed by atoms with Crippen molar-refractivity contribution in [2.45, 2.75) is 13.8 Å². The van der Waals surface area contributed by atoms with Crippen molar-refractivity contribution in [2.75, 3.05) is 10.6 Å². The summed E-state index contributed by atoms with van der Waals surface area (Å²) in [5.41, 5.74) is 2.54. The van der Waals surface area contributed by atoms with Crippen LogP contribution in [0.2, 0.25) is 0 Å². The number of aromatic nitrogens is 1. The molecule has 3 rings (SSSR count). The standard InChI is InChI=1S/C18H16FN3OS/c1-11-8-9-14(19)15(10-11)22-17(23)16-12(2)20-18(24-16)21-13-6-4-3-5-7-13/h3-10H,1-2H3,(H,20,21)(H,22,23). The highest BCUT2D eigenvalue weighted by Crippen LogP contribution is 2.27. The van der Waals surface area contributed by atoms with E-state index < -0.39 is 5.82 Å². The highest BCUT2D eigenvalue weighted by atomic mass is 32.1. The van der Waals surface area contributed by atoms with Crippen LogP contribution < -0.4 is 10.6 Å². The number of para-hydroxylation sites is 1. The summed E-state index contributed by atoms with van der Waals surface area (Å²) in [6.45, 7) is 3.60. The molecule has 0 saturated heterocycles. The van der Waals surface area contributed by atoms with E-state index in [1.165, 1.54) is 17.4 Å². The van der Waals surface area contributed by atoms with Crippen LogP contribution in [0.4, 0.5) is 20.9 Å². The van der Waals surface area contributed by atoms with Crippen molar-refractivity contribution in [3.8, 4) is 0 Å². The number of nitrogens with zero attached hydrogens (tertiary/aromatic N) is 1. The summed E-state index contributed by atoms with van der Waals surface area (Å²) in [5, 5.41) is 6.39. The van der Waals surface area contributed by atoms with Gasteiger partial charge in [0.05, 0.1) is 11.4 Å². The van der Waals surface area contributed by atoms with E-state index in [1.807, 2.05) is 37.3 Å². The Hall–Kier alpha value is -2.73. The minimum Gasteiger partial charge on any atom is -0.332 e. The van der Waals surface area contributed by atoms with Gasteiger partial charge in [-0.25, -0.2) is 9.37 Å². The average Bonchev–Trinajstić information content (AvgIpc) is 2.92. The molecule has 1 aromatic heterocycles. The number of hydrogen-bond acceptors (Lipinski definition) is 4. The van der Waals surface area contributed by atoms with Crippen molar-refractivity contribution in [3.63, 3.8) is 0 Å². The maximum atomic E-state index is 13.8. The van der Waals surface area contributed by atoms with Crippen molar-refractivity contribution >= 4 is 33.8 Å². The Morgan fingerprint density at radius 2 is 1.88 bits per heavy atom. The number of rotatable bonds is 4. The number of hydrogen-bond donors (Lipinski definition) is 2. The van der Waals surface area contributed by atoms with E-state index in [4.69, 9.17) is 0 Å². The number of amides is 1. The first kappa shape index (κ1) is 16.1. The minimum absolute atomic E-state index is 0.172. The van der Waals surface area contributed by atoms with Crippen LogP contribution in [0.15, 0.2) is 48.5 Å². The van der Waals surface area contributed by atoms with Crippen molar-refractivity contribution in [2.24, 2.45) is 0 Å². The van der Waals surface area contributed by atoms with Crippen LogP contribution in [0, 0.1) is 19.7 Å². The molecule has 0 saturated carbocycles. The van der Waals surface area contributed by atoms with Gasteiger partial charge in [0.1, 0.15) is 10.7 Å². The lowest BCUT2D eigenvalue weighted by Gasteiger charge is -2.06. The lowest BCUT2D eigenvalue weighted by molar-refractivity contribution is 0.102. The molecule has 0 aliphatic rings. The molecule has 122 valence electrons. The number of anilines is 3. The number of benzene rings is 2. The van der Waals surface area contributed by atoms with E-state index in [0.29, 0.717) is 15.7 Å². The molecule has 0 radical (unpaired) electrons. The SMILES string of the molecule is Cc1ccc(F)c(NC(=O)c2sc(Nc3ccccc3)nc2C)c1. The fourth-order valence-electron chi connectivity index (χ4n) is 2.22. The Bertz CT molecular complexity index is 877. The van der Waals surface area contributed by atoms with E-state index in [1.54, 1.807) is 19.1 Å². The third kappa shape index (κ3) is 3.60. The molecule has 0 aliphatic heterocycles. The van der Waals surface area contributed by atoms with Crippen LogP contribution in [0.1, 0.15) is 20.9 Å². The number of thiazole rings is 1. The van der Waals surface area contributed by atoms with Crippen molar-refractivity contribution < 1.29 is 9.18 Å². The fourth-order valence-corrected chi connectivity index (χ4v) is 3.10. The highest BCUT2D eigenvalue weighted by Gasteiger charge is 2.17. The van der Waals surface area contributed by atoms with Gasteiger partial charge in [-0.2, -0.15) is 0 Å². The van der Waals surface area contributed by atoms with Gasteiger partial charge in [-0.3, -0.25) is 4.79 Å². The highest BCUT2D eigenvalue weighted by molar-refractivity contribution is 7.17. The molecular formula is C18H16FN3OS. The monoisotopic (exact) mass is 341 g/mol. The molecule has 1 amide bonds. The Balaban J connectivity index is 1.79. The predicted molar refractivity (Wildman–Crippen MR) is 95.7 cm³/mol. The van der Waals surface area contributed by atoms with Gasteiger partial charge in [-0.05, 0) is 43.7 Å². The van der Waals surface area contributed by atoms with E-state index in [9.17, 15) is 9.18 Å². The van der Waals surface area contributed by atoms with Gasteiger partial charge in [0, 0.05) is 5.69 Å². The van der Waals surface area contributed by atoms with Crippen LogP contribution in [-0.4, -0.2) is 10.9 Å². The second kappa shape index (κ2) is 6.80. The molecule has 0 spiro atoms. The molecule has 2 N–H and O–H groups in total. The van der Waals surface area contributed by atoms with Crippen LogP contribution in [0.25, 0.3) is 0 Å². The Morgan fingerprint density at radius 3 is 2.62 bits per heavy atom. The number of carbonyl (C=O) groups is 1. The van der Waals surface area contributed by atoms with E-state index in [2.05, 4.69) is 15.6 Å². The number of carbonyl (C=O) groups excluding carboxylic acids is 1. The van der Waals surface area contributed by atoms with Gasteiger partial charge in [-0.15, -0.1) is 0 Å². The summed E-state index contributed by atoms with van der Waals surface area (Å²) in [5.74, 6) is -0.825. The van der Waals surface area contributed by atoms with Gasteiger partial charge in [0.25, 0.3) is 5.91 Å². The summed E-state index contributed by atoms with van der Waals surface area (Å²) in [7, 11) is 0. The third-order valence-electron chi connectivity index (χ3n) is 3.40. The van der Waals surface area contributed by atoms with Crippen LogP contribution in [0.3, 0.4) is 0 Å². The quantitative estimate of drug-likeness (QED) is 0.710. The molecular weight excluding hydrogens is 325 g/mol. The van der Waals surface area contributed by atoms with Gasteiger partial charge in [-0.1, -0.05) is 35.6 Å². The van der Waals surface area contributed by atoms with E-state index >= 15 is 0 Å². The fraction of sp³-hybridized carbons (Fsp3) is 0.111. The van der Waals surface area contributed by atoms with Crippen LogP contribution in [0.5, 0.6) is 0 Å². The molecule has 0 atom stereocenters. The molecule has 24 heavy (non-hydrogen) atoms. The average molecular weight is 341 g/mol. The van der Waals surface area contributed by atoms with Gasteiger partial charge < -0.3 is 10.6 Å². The van der Waals surface area contributed by atoms with Crippen LogP contribution >= 0.6 is 11.3 Å². The van der Waals surface area contributed by atoms with Crippen molar-refractivity contribution in [1.82, 2.24) is 4.98 Å². The lowest BCUT2D eigenvalue weighted by Crippen LogP contribution is -2.12. The minimum atomic E-state index is -0.459. The zero-order valence-corrected chi connectivity index (χ0v) is 14.1. The molecule has 1 heterocycles. The molecule has 0 aliphatic carbocycles. The summed E-state index contributed by atoms with van der Waals surface area (Å²) in [6.07, 6.45) is 0. The lowest BCUT2D eigenvalue weighted by atomic mass is 10.2. The van der Waals surface area contributed by atoms with Crippen molar-refractivity contribution in [3.05, 3.63) is 70.5 Å². The zero-order valence-electron chi connectivity index (χ0n) is 13.3. The third-order valence-corrected chi connectivity index (χ3v) is 4.47. The summed E-state index contributed by atoms with van der Waals surface area (Å²) < 4.78 is 13.8. The molecule has 0 unspecified atom stereocenters. The first-order valence-electron chi connectivity index (χ1n) is 7.40. The molecule has 0 bridgehead atoms. The molecule has 4 nitrogen and oxygen atoms in total. The van der Waals surface area contributed by atoms with E-state index in [0.717, 1.165) is 11.3 Å². The van der Waals surface area contributed by atoms with E-state index in [-0.39, 0.29) is 11.6 Å². The van der Waals surface area contributed by atoms with Gasteiger partial charge >= 0.3 is 0 Å². The maximum absolute atomic E-state index is 13.8. The summed E-state index contributed by atoms with van der Waals surface area (Å²) in [6, 6.07) is 14.2. The Kier molecular flexibility index (Phi) is 4.57. The molecule has 6 heteroatoms. The summed E-state index contributed by atoms with van der Waals surface area (Å²) >= 11 is 1.24. The second-order valence-corrected chi connectivity index (χ2v) is 6.36. The Labute approximate surface area is 143 Å². The number of aryl methyl sites for hydroxylation is 2. The van der Waals surface area contributed by atoms with Crippen molar-refractivity contribution in [1.29, 1.82) is 0 Å². The number of halogens is 1. The first-order chi connectivity index (χ1) is 11.5. The normalized spacial score (nSPS) is 10.5. The maximum Gasteiger partial charge on any atom is 0.267 e. The predicted octanol–water partition coefficient (Wildman–Crippen LogP) is 4.89. The van der Waals surface area contributed by atoms with Crippen LogP contribution in [-0.2, 0) is 0 Å². The largest absolute Gasteiger partial charge is 0.332 e. The topological polar surface area (TPSA) is 54.0 Å². The Morgan fingerprint density at radius 1 is 1.12 bits per heavy atom. The molecule has 2 aromatic carbocycles. The molecule has 3 aromatic rings. The van der Waals surface area contributed by atoms with Gasteiger partial charge in [0.2, 0.25) is 0 Å². The smallest absolute Gasteiger partial charge is 0.267 e. The summed E-state index contributed by atoms with van der Waals surface area (Å²) in [4.78, 5) is 17.2. The zero-order chi connectivity index (χ0) is 17.1. The second-order valence-electron chi connectivity index (χ2n) is 5.36. The molecule has 0 fully saturated rings.